The van der Waals surface area contributed by atoms with Crippen molar-refractivity contribution in [2.45, 2.75) is 6.92 Å². The molecular weight excluding hydrogens is 273 g/mol. The molecule has 1 heterocycles. The van der Waals surface area contributed by atoms with E-state index in [0.29, 0.717) is 12.1 Å². The molecule has 0 atom stereocenters. The lowest BCUT2D eigenvalue weighted by atomic mass is 10.2. The first-order valence-electron chi connectivity index (χ1n) is 5.51. The van der Waals surface area contributed by atoms with Crippen LogP contribution in [0.5, 0.6) is 0 Å². The van der Waals surface area contributed by atoms with Crippen LogP contribution >= 0.6 is 0 Å². The summed E-state index contributed by atoms with van der Waals surface area (Å²) in [5.41, 5.74) is -0.387. The van der Waals surface area contributed by atoms with Crippen LogP contribution in [0.15, 0.2) is 24.3 Å². The highest BCUT2D eigenvalue weighted by Gasteiger charge is 2.14. The van der Waals surface area contributed by atoms with Crippen LogP contribution in [0.1, 0.15) is 16.1 Å². The average molecular weight is 282 g/mol. The minimum Gasteiger partial charge on any atom is -0.478 e. The monoisotopic (exact) mass is 282 g/mol. The fourth-order valence-corrected chi connectivity index (χ4v) is 1.65. The van der Waals surface area contributed by atoms with Gasteiger partial charge in [-0.05, 0) is 19.1 Å². The van der Waals surface area contributed by atoms with Gasteiger partial charge >= 0.3 is 5.97 Å². The van der Waals surface area contributed by atoms with Crippen LogP contribution in [0.2, 0.25) is 0 Å². The molecule has 7 heteroatoms. The molecule has 20 heavy (non-hydrogen) atoms. The van der Waals surface area contributed by atoms with Gasteiger partial charge in [-0.1, -0.05) is 0 Å². The number of aromatic nitrogens is 1. The van der Waals surface area contributed by atoms with Crippen molar-refractivity contribution in [3.05, 3.63) is 53.0 Å². The third-order valence-corrected chi connectivity index (χ3v) is 2.58. The number of nitrogens with one attached hydrogen (secondary N) is 1. The maximum Gasteiger partial charge on any atom is 0.337 e. The summed E-state index contributed by atoms with van der Waals surface area (Å²) < 4.78 is 39.6. The van der Waals surface area contributed by atoms with Gasteiger partial charge in [0, 0.05) is 12.1 Å². The number of aryl methyl sites for hydroxylation is 1. The molecule has 0 aliphatic rings. The molecule has 0 aliphatic heterocycles. The predicted octanol–water partition coefficient (Wildman–Crippen LogP) is 3.25. The number of benzene rings is 1. The van der Waals surface area contributed by atoms with Crippen molar-refractivity contribution in [2.24, 2.45) is 0 Å². The Labute approximate surface area is 111 Å². The van der Waals surface area contributed by atoms with Gasteiger partial charge in [0.15, 0.2) is 11.6 Å². The molecule has 104 valence electrons. The van der Waals surface area contributed by atoms with Gasteiger partial charge in [-0.2, -0.15) is 0 Å². The highest BCUT2D eigenvalue weighted by atomic mass is 19.1. The quantitative estimate of drug-likeness (QED) is 0.907. The highest BCUT2D eigenvalue weighted by Crippen LogP contribution is 2.24. The lowest BCUT2D eigenvalue weighted by Gasteiger charge is -2.09. The minimum atomic E-state index is -1.15. The molecular formula is C13H9F3N2O2. The second-order valence-electron chi connectivity index (χ2n) is 4.00. The minimum absolute atomic E-state index is 0.0180. The molecule has 0 bridgehead atoms. The summed E-state index contributed by atoms with van der Waals surface area (Å²) in [6, 6.07) is 3.58. The lowest BCUT2D eigenvalue weighted by Crippen LogP contribution is -2.05. The van der Waals surface area contributed by atoms with Gasteiger partial charge < -0.3 is 10.4 Å². The van der Waals surface area contributed by atoms with Crippen LogP contribution in [0.25, 0.3) is 0 Å². The van der Waals surface area contributed by atoms with Crippen molar-refractivity contribution >= 4 is 17.5 Å². The number of carboxylic acid groups (broad SMARTS) is 1. The van der Waals surface area contributed by atoms with Crippen molar-refractivity contribution < 1.29 is 23.1 Å². The smallest absolute Gasteiger partial charge is 0.337 e. The number of anilines is 2. The standard InChI is InChI=1S/C13H9F3N2O2/c1-6-8(13(19)20)2-3-11(17-6)18-12-9(15)4-7(14)5-10(12)16/h2-5H,1H3,(H,17,18)(H,19,20). The molecule has 4 nitrogen and oxygen atoms in total. The van der Waals surface area contributed by atoms with E-state index < -0.39 is 29.1 Å². The SMILES string of the molecule is Cc1nc(Nc2c(F)cc(F)cc2F)ccc1C(=O)O. The number of hydrogen-bond acceptors (Lipinski definition) is 3. The average Bonchev–Trinajstić information content (AvgIpc) is 2.33. The van der Waals surface area contributed by atoms with E-state index in [4.69, 9.17) is 5.11 Å². The summed E-state index contributed by atoms with van der Waals surface area (Å²) in [5.74, 6) is -4.35. The number of aromatic carboxylic acids is 1. The van der Waals surface area contributed by atoms with Crippen LogP contribution in [0.4, 0.5) is 24.7 Å². The second kappa shape index (κ2) is 5.20. The van der Waals surface area contributed by atoms with Crippen LogP contribution in [-0.4, -0.2) is 16.1 Å². The molecule has 2 rings (SSSR count). The number of rotatable bonds is 3. The Balaban J connectivity index is 2.36. The van der Waals surface area contributed by atoms with Crippen molar-refractivity contribution in [3.63, 3.8) is 0 Å². The van der Waals surface area contributed by atoms with Crippen molar-refractivity contribution in [3.8, 4) is 0 Å². The van der Waals surface area contributed by atoms with Crippen molar-refractivity contribution in [1.82, 2.24) is 4.98 Å². The Kier molecular flexibility index (Phi) is 3.60. The molecule has 2 N–H and O–H groups in total. The number of carboxylic acids is 1. The molecule has 0 spiro atoms. The van der Waals surface area contributed by atoms with E-state index in [1.54, 1.807) is 0 Å². The van der Waals surface area contributed by atoms with Crippen LogP contribution < -0.4 is 5.32 Å². The number of carbonyl (C=O) groups is 1. The first-order valence-corrected chi connectivity index (χ1v) is 5.51. The third kappa shape index (κ3) is 2.71. The normalized spacial score (nSPS) is 10.4. The summed E-state index contributed by atoms with van der Waals surface area (Å²) in [5, 5.41) is 11.2. The molecule has 0 amide bonds. The van der Waals surface area contributed by atoms with E-state index in [0.717, 1.165) is 0 Å². The Morgan fingerprint density at radius 3 is 2.30 bits per heavy atom. The number of nitrogens with zero attached hydrogens (tertiary/aromatic N) is 1. The number of halogens is 3. The Hall–Kier alpha value is -2.57. The zero-order valence-electron chi connectivity index (χ0n) is 10.2. The summed E-state index contributed by atoms with van der Waals surface area (Å²) in [7, 11) is 0. The molecule has 0 unspecified atom stereocenters. The van der Waals surface area contributed by atoms with E-state index >= 15 is 0 Å². The van der Waals surface area contributed by atoms with Gasteiger partial charge in [-0.15, -0.1) is 0 Å². The zero-order chi connectivity index (χ0) is 14.9. The molecule has 0 fully saturated rings. The van der Waals surface area contributed by atoms with Crippen LogP contribution in [0.3, 0.4) is 0 Å². The molecule has 0 radical (unpaired) electrons. The molecule has 1 aromatic heterocycles. The summed E-state index contributed by atoms with van der Waals surface area (Å²) >= 11 is 0. The Bertz CT molecular complexity index is 666. The lowest BCUT2D eigenvalue weighted by molar-refractivity contribution is 0.0695. The number of hydrogen-bond donors (Lipinski definition) is 2. The largest absolute Gasteiger partial charge is 0.478 e. The van der Waals surface area contributed by atoms with Gasteiger partial charge in [-0.25, -0.2) is 22.9 Å². The molecule has 2 aromatic rings. The molecule has 0 saturated heterocycles. The summed E-state index contributed by atoms with van der Waals surface area (Å²) in [4.78, 5) is 14.7. The molecule has 0 saturated carbocycles. The molecule has 0 aliphatic carbocycles. The topological polar surface area (TPSA) is 62.2 Å². The van der Waals surface area contributed by atoms with Gasteiger partial charge in [-0.3, -0.25) is 0 Å². The van der Waals surface area contributed by atoms with E-state index in [1.807, 2.05) is 0 Å². The predicted molar refractivity (Wildman–Crippen MR) is 65.5 cm³/mol. The van der Waals surface area contributed by atoms with Gasteiger partial charge in [0.05, 0.1) is 11.3 Å². The fraction of sp³-hybridized carbons (Fsp3) is 0.0769. The molecule has 1 aromatic carbocycles. The van der Waals surface area contributed by atoms with Crippen LogP contribution in [-0.2, 0) is 0 Å². The first kappa shape index (κ1) is 13.9. The highest BCUT2D eigenvalue weighted by molar-refractivity contribution is 5.89. The maximum atomic E-state index is 13.4. The zero-order valence-corrected chi connectivity index (χ0v) is 10.2. The summed E-state index contributed by atoms with van der Waals surface area (Å²) in [6.07, 6.45) is 0. The maximum absolute atomic E-state index is 13.4. The van der Waals surface area contributed by atoms with E-state index in [2.05, 4.69) is 10.3 Å². The van der Waals surface area contributed by atoms with E-state index in [-0.39, 0.29) is 17.1 Å². The van der Waals surface area contributed by atoms with Crippen molar-refractivity contribution in [2.75, 3.05) is 5.32 Å². The third-order valence-electron chi connectivity index (χ3n) is 2.58. The van der Waals surface area contributed by atoms with Crippen molar-refractivity contribution in [1.29, 1.82) is 0 Å². The fourth-order valence-electron chi connectivity index (χ4n) is 1.65. The summed E-state index contributed by atoms with van der Waals surface area (Å²) in [6.45, 7) is 1.45. The Morgan fingerprint density at radius 2 is 1.80 bits per heavy atom. The second-order valence-corrected chi connectivity index (χ2v) is 4.00. The number of pyridine rings is 1. The van der Waals surface area contributed by atoms with Crippen LogP contribution in [0, 0.1) is 24.4 Å². The van der Waals surface area contributed by atoms with E-state index in [1.165, 1.54) is 19.1 Å². The van der Waals surface area contributed by atoms with Gasteiger partial charge in [0.1, 0.15) is 17.3 Å². The van der Waals surface area contributed by atoms with Gasteiger partial charge in [0.25, 0.3) is 0 Å². The van der Waals surface area contributed by atoms with Gasteiger partial charge in [0.2, 0.25) is 0 Å². The first-order chi connectivity index (χ1) is 9.38. The van der Waals surface area contributed by atoms with E-state index in [9.17, 15) is 18.0 Å². The Morgan fingerprint density at radius 1 is 1.20 bits per heavy atom.